The van der Waals surface area contributed by atoms with Gasteiger partial charge in [-0.15, -0.1) is 0 Å². The van der Waals surface area contributed by atoms with E-state index in [4.69, 9.17) is 10.4 Å². The Labute approximate surface area is 67.3 Å². The lowest BCUT2D eigenvalue weighted by molar-refractivity contribution is -0.503. The van der Waals surface area contributed by atoms with Gasteiger partial charge in [0, 0.05) is 0 Å². The van der Waals surface area contributed by atoms with E-state index in [0.717, 1.165) is 12.8 Å². The molecule has 0 aliphatic heterocycles. The lowest BCUT2D eigenvalue weighted by Gasteiger charge is -2.14. The minimum Gasteiger partial charge on any atom is -0.266 e. The SMILES string of the molecule is CC(C)CC[C@H](C)ON(O)O. The Morgan fingerprint density at radius 2 is 1.73 bits per heavy atom. The van der Waals surface area contributed by atoms with Crippen LogP contribution < -0.4 is 0 Å². The van der Waals surface area contributed by atoms with Gasteiger partial charge in [-0.3, -0.25) is 10.4 Å². The van der Waals surface area contributed by atoms with E-state index in [2.05, 4.69) is 18.7 Å². The molecule has 0 aromatic rings. The monoisotopic (exact) mass is 163 g/mol. The van der Waals surface area contributed by atoms with Gasteiger partial charge >= 0.3 is 0 Å². The van der Waals surface area contributed by atoms with Crippen LogP contribution >= 0.6 is 0 Å². The molecule has 1 atom stereocenters. The largest absolute Gasteiger partial charge is 0.266 e. The Morgan fingerprint density at radius 3 is 2.09 bits per heavy atom. The van der Waals surface area contributed by atoms with Crippen LogP contribution in [0.15, 0.2) is 0 Å². The van der Waals surface area contributed by atoms with Gasteiger partial charge in [0.1, 0.15) is 0 Å². The second kappa shape index (κ2) is 5.49. The van der Waals surface area contributed by atoms with Crippen LogP contribution in [0.1, 0.15) is 33.6 Å². The van der Waals surface area contributed by atoms with Crippen molar-refractivity contribution in [2.75, 3.05) is 0 Å². The molecule has 11 heavy (non-hydrogen) atoms. The van der Waals surface area contributed by atoms with Crippen molar-refractivity contribution in [3.63, 3.8) is 0 Å². The molecule has 4 heteroatoms. The Hall–Kier alpha value is -0.160. The maximum atomic E-state index is 8.25. The molecule has 0 spiro atoms. The second-order valence-corrected chi connectivity index (χ2v) is 3.14. The third-order valence-electron chi connectivity index (χ3n) is 1.42. The molecule has 0 radical (unpaired) electrons. The fraction of sp³-hybridized carbons (Fsp3) is 1.00. The highest BCUT2D eigenvalue weighted by molar-refractivity contribution is 4.51. The molecule has 0 unspecified atom stereocenters. The number of hydrogen-bond donors (Lipinski definition) is 2. The van der Waals surface area contributed by atoms with Gasteiger partial charge in [-0.1, -0.05) is 13.8 Å². The predicted molar refractivity (Wildman–Crippen MR) is 40.0 cm³/mol. The first-order chi connectivity index (χ1) is 5.02. The summed E-state index contributed by atoms with van der Waals surface area (Å²) < 4.78 is 0. The van der Waals surface area contributed by atoms with Gasteiger partial charge in [0.05, 0.1) is 11.5 Å². The zero-order valence-electron chi connectivity index (χ0n) is 7.32. The zero-order valence-corrected chi connectivity index (χ0v) is 7.32. The van der Waals surface area contributed by atoms with Crippen LogP contribution in [0, 0.1) is 5.92 Å². The topological polar surface area (TPSA) is 52.9 Å². The van der Waals surface area contributed by atoms with Gasteiger partial charge in [-0.25, -0.2) is 4.84 Å². The standard InChI is InChI=1S/C7H17NO3/c1-6(2)4-5-7(3)11-8(9)10/h6-7,9-10H,4-5H2,1-3H3/t7-/m0/s1. The molecule has 0 heterocycles. The number of hydrogen-bond acceptors (Lipinski definition) is 4. The molecular weight excluding hydrogens is 146 g/mol. The van der Waals surface area contributed by atoms with Crippen molar-refractivity contribution in [2.24, 2.45) is 5.92 Å². The molecule has 0 saturated heterocycles. The summed E-state index contributed by atoms with van der Waals surface area (Å²) in [5, 5.41) is 16.3. The van der Waals surface area contributed by atoms with Gasteiger partial charge in [0.25, 0.3) is 0 Å². The summed E-state index contributed by atoms with van der Waals surface area (Å²) in [5.41, 5.74) is 0. The maximum Gasteiger partial charge on any atom is 0.0816 e. The Bertz CT molecular complexity index is 95.7. The average Bonchev–Trinajstić information content (AvgIpc) is 1.82. The summed E-state index contributed by atoms with van der Waals surface area (Å²) in [5.74, 6) is 0.617. The molecule has 0 aromatic carbocycles. The fourth-order valence-electron chi connectivity index (χ4n) is 0.782. The quantitative estimate of drug-likeness (QED) is 0.607. The molecular formula is C7H17NO3. The molecule has 0 saturated carbocycles. The summed E-state index contributed by atoms with van der Waals surface area (Å²) >= 11 is 0. The van der Waals surface area contributed by atoms with Crippen LogP contribution in [0.25, 0.3) is 0 Å². The van der Waals surface area contributed by atoms with E-state index < -0.39 is 0 Å². The molecule has 0 aromatic heterocycles. The van der Waals surface area contributed by atoms with Crippen LogP contribution in [-0.2, 0) is 4.84 Å². The van der Waals surface area contributed by atoms with Crippen molar-refractivity contribution < 1.29 is 15.3 Å². The third kappa shape index (κ3) is 7.74. The van der Waals surface area contributed by atoms with Crippen molar-refractivity contribution in [1.29, 1.82) is 0 Å². The molecule has 0 aliphatic rings. The van der Waals surface area contributed by atoms with Crippen LogP contribution in [-0.4, -0.2) is 21.9 Å². The lowest BCUT2D eigenvalue weighted by Crippen LogP contribution is -2.22. The number of nitrogens with zero attached hydrogens (tertiary/aromatic N) is 1. The second-order valence-electron chi connectivity index (χ2n) is 3.14. The minimum absolute atomic E-state index is 0.146. The molecule has 4 nitrogen and oxygen atoms in total. The first-order valence-electron chi connectivity index (χ1n) is 3.87. The van der Waals surface area contributed by atoms with Gasteiger partial charge in [-0.05, 0) is 25.7 Å². The molecule has 0 rings (SSSR count). The Kier molecular flexibility index (Phi) is 5.41. The fourth-order valence-corrected chi connectivity index (χ4v) is 0.782. The summed E-state index contributed by atoms with van der Waals surface area (Å²) in [6.07, 6.45) is 1.71. The van der Waals surface area contributed by atoms with Gasteiger partial charge in [0.15, 0.2) is 0 Å². The highest BCUT2D eigenvalue weighted by atomic mass is 17.1. The van der Waals surface area contributed by atoms with E-state index in [-0.39, 0.29) is 11.5 Å². The summed E-state index contributed by atoms with van der Waals surface area (Å²) in [4.78, 5) is 4.54. The zero-order chi connectivity index (χ0) is 8.85. The van der Waals surface area contributed by atoms with Gasteiger partial charge in [0.2, 0.25) is 0 Å². The number of rotatable bonds is 5. The normalized spacial score (nSPS) is 14.5. The minimum atomic E-state index is -0.231. The van der Waals surface area contributed by atoms with Crippen molar-refractivity contribution >= 4 is 0 Å². The predicted octanol–water partition coefficient (Wildman–Crippen LogP) is 1.82. The Balaban J connectivity index is 3.29. The van der Waals surface area contributed by atoms with E-state index in [9.17, 15) is 0 Å². The first-order valence-corrected chi connectivity index (χ1v) is 3.87. The smallest absolute Gasteiger partial charge is 0.0816 e. The van der Waals surface area contributed by atoms with Crippen LogP contribution in [0.2, 0.25) is 0 Å². The van der Waals surface area contributed by atoms with Gasteiger partial charge in [-0.2, -0.15) is 0 Å². The highest BCUT2D eigenvalue weighted by Gasteiger charge is 2.06. The van der Waals surface area contributed by atoms with E-state index >= 15 is 0 Å². The molecule has 2 N–H and O–H groups in total. The van der Waals surface area contributed by atoms with Crippen molar-refractivity contribution in [3.05, 3.63) is 0 Å². The van der Waals surface area contributed by atoms with Crippen molar-refractivity contribution in [2.45, 2.75) is 39.7 Å². The van der Waals surface area contributed by atoms with Gasteiger partial charge < -0.3 is 0 Å². The van der Waals surface area contributed by atoms with Crippen LogP contribution in [0.5, 0.6) is 0 Å². The van der Waals surface area contributed by atoms with E-state index in [1.54, 1.807) is 6.92 Å². The molecule has 0 amide bonds. The molecule has 68 valence electrons. The van der Waals surface area contributed by atoms with Crippen molar-refractivity contribution in [3.8, 4) is 0 Å². The van der Waals surface area contributed by atoms with E-state index in [1.165, 1.54) is 0 Å². The summed E-state index contributed by atoms with van der Waals surface area (Å²) in [7, 11) is 0. The van der Waals surface area contributed by atoms with Crippen LogP contribution in [0.4, 0.5) is 0 Å². The highest BCUT2D eigenvalue weighted by Crippen LogP contribution is 2.08. The van der Waals surface area contributed by atoms with E-state index in [1.807, 2.05) is 0 Å². The lowest BCUT2D eigenvalue weighted by atomic mass is 10.1. The van der Waals surface area contributed by atoms with E-state index in [0.29, 0.717) is 5.92 Å². The molecule has 0 bridgehead atoms. The van der Waals surface area contributed by atoms with Crippen LogP contribution in [0.3, 0.4) is 0 Å². The average molecular weight is 163 g/mol. The molecule has 0 aliphatic carbocycles. The van der Waals surface area contributed by atoms with Crippen molar-refractivity contribution in [1.82, 2.24) is 5.39 Å². The maximum absolute atomic E-state index is 8.25. The summed E-state index contributed by atoms with van der Waals surface area (Å²) in [6.45, 7) is 6.02. The first kappa shape index (κ1) is 10.8. The third-order valence-corrected chi connectivity index (χ3v) is 1.42. The summed E-state index contributed by atoms with van der Waals surface area (Å²) in [6, 6.07) is 0. The molecule has 0 fully saturated rings. The Morgan fingerprint density at radius 1 is 1.18 bits per heavy atom.